The molecule has 0 spiro atoms. The van der Waals surface area contributed by atoms with Crippen LogP contribution >= 0.6 is 0 Å². The number of ether oxygens (including phenoxy) is 2. The summed E-state index contributed by atoms with van der Waals surface area (Å²) >= 11 is 0. The Hall–Kier alpha value is -2.16. The summed E-state index contributed by atoms with van der Waals surface area (Å²) in [5.74, 6) is -0.948. The summed E-state index contributed by atoms with van der Waals surface area (Å²) in [6.07, 6.45) is -2.81. The number of alkyl halides is 2. The summed E-state index contributed by atoms with van der Waals surface area (Å²) in [6, 6.07) is 3.76. The van der Waals surface area contributed by atoms with Crippen LogP contribution in [0.2, 0.25) is 0 Å². The standard InChI is InChI=1S/C11H9F2NO3/c1-16-9-7(11(15)17-2)4-3-6(10(12)13)8(9)5-14/h3-4,10H,1-2H3. The van der Waals surface area contributed by atoms with Gasteiger partial charge in [0.2, 0.25) is 0 Å². The van der Waals surface area contributed by atoms with Crippen LogP contribution in [0.4, 0.5) is 8.78 Å². The third kappa shape index (κ3) is 2.33. The summed E-state index contributed by atoms with van der Waals surface area (Å²) in [5, 5.41) is 8.84. The highest BCUT2D eigenvalue weighted by Crippen LogP contribution is 2.32. The fourth-order valence-electron chi connectivity index (χ4n) is 1.38. The molecule has 0 unspecified atom stereocenters. The number of methoxy groups -OCH3 is 2. The molecule has 0 aliphatic heterocycles. The molecule has 0 heterocycles. The molecule has 1 aromatic carbocycles. The van der Waals surface area contributed by atoms with Crippen molar-refractivity contribution in [2.45, 2.75) is 6.43 Å². The third-order valence-electron chi connectivity index (χ3n) is 2.15. The molecule has 1 aromatic rings. The van der Waals surface area contributed by atoms with Gasteiger partial charge in [0, 0.05) is 5.56 Å². The number of hydrogen-bond donors (Lipinski definition) is 0. The molecule has 0 bridgehead atoms. The maximum absolute atomic E-state index is 12.6. The summed E-state index contributed by atoms with van der Waals surface area (Å²) < 4.78 is 34.5. The summed E-state index contributed by atoms with van der Waals surface area (Å²) in [7, 11) is 2.34. The van der Waals surface area contributed by atoms with Crippen molar-refractivity contribution in [3.63, 3.8) is 0 Å². The number of carbonyl (C=O) groups excluding carboxylic acids is 1. The van der Waals surface area contributed by atoms with Gasteiger partial charge in [0.1, 0.15) is 17.2 Å². The number of halogens is 2. The number of esters is 1. The molecular weight excluding hydrogens is 232 g/mol. The summed E-state index contributed by atoms with van der Waals surface area (Å²) in [4.78, 5) is 11.3. The van der Waals surface area contributed by atoms with Crippen LogP contribution < -0.4 is 4.74 Å². The number of nitriles is 1. The van der Waals surface area contributed by atoms with Crippen LogP contribution in [-0.2, 0) is 4.74 Å². The molecule has 0 radical (unpaired) electrons. The highest BCUT2D eigenvalue weighted by atomic mass is 19.3. The molecule has 4 nitrogen and oxygen atoms in total. The number of hydrogen-bond acceptors (Lipinski definition) is 4. The molecule has 0 aliphatic carbocycles. The lowest BCUT2D eigenvalue weighted by Crippen LogP contribution is -2.07. The van der Waals surface area contributed by atoms with Gasteiger partial charge in [-0.15, -0.1) is 0 Å². The quantitative estimate of drug-likeness (QED) is 0.762. The number of carbonyl (C=O) groups is 1. The average Bonchev–Trinajstić information content (AvgIpc) is 2.35. The second-order valence-electron chi connectivity index (χ2n) is 3.01. The normalized spacial score (nSPS) is 9.88. The molecular formula is C11H9F2NO3. The van der Waals surface area contributed by atoms with Crippen molar-refractivity contribution in [1.29, 1.82) is 5.26 Å². The molecule has 1 rings (SSSR count). The van der Waals surface area contributed by atoms with Crippen LogP contribution in [0, 0.1) is 11.3 Å². The summed E-state index contributed by atoms with van der Waals surface area (Å²) in [6.45, 7) is 0. The largest absolute Gasteiger partial charge is 0.494 e. The Morgan fingerprint density at radius 2 is 2.06 bits per heavy atom. The van der Waals surface area contributed by atoms with Crippen LogP contribution in [0.25, 0.3) is 0 Å². The zero-order valence-corrected chi connectivity index (χ0v) is 9.16. The molecule has 17 heavy (non-hydrogen) atoms. The van der Waals surface area contributed by atoms with Crippen molar-refractivity contribution < 1.29 is 23.0 Å². The van der Waals surface area contributed by atoms with Gasteiger partial charge in [-0.25, -0.2) is 13.6 Å². The Balaban J connectivity index is 3.50. The van der Waals surface area contributed by atoms with Crippen molar-refractivity contribution in [2.24, 2.45) is 0 Å². The lowest BCUT2D eigenvalue weighted by molar-refractivity contribution is 0.0596. The smallest absolute Gasteiger partial charge is 0.341 e. The Morgan fingerprint density at radius 1 is 1.41 bits per heavy atom. The molecule has 0 aliphatic rings. The first-order chi connectivity index (χ1) is 8.06. The van der Waals surface area contributed by atoms with Crippen LogP contribution in [0.5, 0.6) is 5.75 Å². The molecule has 0 aromatic heterocycles. The molecule has 0 saturated carbocycles. The fourth-order valence-corrected chi connectivity index (χ4v) is 1.38. The van der Waals surface area contributed by atoms with Crippen molar-refractivity contribution in [3.05, 3.63) is 28.8 Å². The second kappa shape index (κ2) is 5.25. The first-order valence-electron chi connectivity index (χ1n) is 4.54. The Morgan fingerprint density at radius 3 is 2.47 bits per heavy atom. The number of nitrogens with zero attached hydrogens (tertiary/aromatic N) is 1. The minimum Gasteiger partial charge on any atom is -0.494 e. The van der Waals surface area contributed by atoms with E-state index in [9.17, 15) is 13.6 Å². The number of rotatable bonds is 3. The predicted octanol–water partition coefficient (Wildman–Crippen LogP) is 2.29. The van der Waals surface area contributed by atoms with Crippen molar-refractivity contribution in [2.75, 3.05) is 14.2 Å². The van der Waals surface area contributed by atoms with E-state index in [1.807, 2.05) is 0 Å². The molecule has 0 fully saturated rings. The third-order valence-corrected chi connectivity index (χ3v) is 2.15. The van der Waals surface area contributed by atoms with Gasteiger partial charge in [0.15, 0.2) is 5.75 Å². The first kappa shape index (κ1) is 12.9. The van der Waals surface area contributed by atoms with Gasteiger partial charge < -0.3 is 9.47 Å². The molecule has 6 heteroatoms. The fraction of sp³-hybridized carbons (Fsp3) is 0.273. The zero-order valence-electron chi connectivity index (χ0n) is 9.16. The van der Waals surface area contributed by atoms with Crippen LogP contribution in [-0.4, -0.2) is 20.2 Å². The maximum atomic E-state index is 12.6. The predicted molar refractivity (Wildman–Crippen MR) is 54.0 cm³/mol. The van der Waals surface area contributed by atoms with Gasteiger partial charge in [0.25, 0.3) is 6.43 Å². The SMILES string of the molecule is COC(=O)c1ccc(C(F)F)c(C#N)c1OC. The monoisotopic (exact) mass is 241 g/mol. The van der Waals surface area contributed by atoms with E-state index < -0.39 is 18.0 Å². The van der Waals surface area contributed by atoms with Gasteiger partial charge >= 0.3 is 5.97 Å². The van der Waals surface area contributed by atoms with Gasteiger partial charge in [-0.2, -0.15) is 5.26 Å². The Kier molecular flexibility index (Phi) is 3.99. The molecule has 0 atom stereocenters. The van der Waals surface area contributed by atoms with E-state index in [1.54, 1.807) is 6.07 Å². The van der Waals surface area contributed by atoms with Gasteiger partial charge in [-0.1, -0.05) is 6.07 Å². The second-order valence-corrected chi connectivity index (χ2v) is 3.01. The van der Waals surface area contributed by atoms with E-state index >= 15 is 0 Å². The number of benzene rings is 1. The molecule has 0 amide bonds. The Bertz CT molecular complexity index is 480. The van der Waals surface area contributed by atoms with E-state index in [0.29, 0.717) is 0 Å². The van der Waals surface area contributed by atoms with Crippen molar-refractivity contribution >= 4 is 5.97 Å². The lowest BCUT2D eigenvalue weighted by atomic mass is 10.0. The topological polar surface area (TPSA) is 59.3 Å². The van der Waals surface area contributed by atoms with Crippen LogP contribution in [0.1, 0.15) is 27.9 Å². The zero-order chi connectivity index (χ0) is 13.0. The molecule has 90 valence electrons. The van der Waals surface area contributed by atoms with E-state index in [0.717, 1.165) is 19.2 Å². The van der Waals surface area contributed by atoms with Gasteiger partial charge in [-0.3, -0.25) is 0 Å². The minimum absolute atomic E-state index is 0.0593. The van der Waals surface area contributed by atoms with Crippen molar-refractivity contribution in [1.82, 2.24) is 0 Å². The van der Waals surface area contributed by atoms with E-state index in [2.05, 4.69) is 4.74 Å². The highest BCUT2D eigenvalue weighted by molar-refractivity contribution is 5.93. The van der Waals surface area contributed by atoms with Crippen LogP contribution in [0.3, 0.4) is 0 Å². The Labute approximate surface area is 96.4 Å². The summed E-state index contributed by atoms with van der Waals surface area (Å²) in [5.41, 5.74) is -0.890. The lowest BCUT2D eigenvalue weighted by Gasteiger charge is -2.11. The van der Waals surface area contributed by atoms with Crippen molar-refractivity contribution in [3.8, 4) is 11.8 Å². The van der Waals surface area contributed by atoms with Crippen LogP contribution in [0.15, 0.2) is 12.1 Å². The van der Waals surface area contributed by atoms with Gasteiger partial charge in [0.05, 0.1) is 14.2 Å². The molecule has 0 saturated heterocycles. The van der Waals surface area contributed by atoms with E-state index in [4.69, 9.17) is 10.00 Å². The first-order valence-corrected chi connectivity index (χ1v) is 4.54. The van der Waals surface area contributed by atoms with E-state index in [1.165, 1.54) is 7.11 Å². The minimum atomic E-state index is -2.81. The van der Waals surface area contributed by atoms with E-state index in [-0.39, 0.29) is 16.9 Å². The maximum Gasteiger partial charge on any atom is 0.341 e. The highest BCUT2D eigenvalue weighted by Gasteiger charge is 2.23. The van der Waals surface area contributed by atoms with Gasteiger partial charge in [-0.05, 0) is 6.07 Å². The average molecular weight is 241 g/mol. The molecule has 0 N–H and O–H groups in total.